The highest BCUT2D eigenvalue weighted by molar-refractivity contribution is 7.93. The van der Waals surface area contributed by atoms with Crippen LogP contribution in [-0.2, 0) is 15.9 Å². The molecule has 0 aromatic carbocycles. The molecule has 0 spiro atoms. The molecule has 0 radical (unpaired) electrons. The number of hydrogen-bond donors (Lipinski definition) is 1. The molecule has 0 aliphatic carbocycles. The van der Waals surface area contributed by atoms with E-state index in [9.17, 15) is 4.55 Å². The van der Waals surface area contributed by atoms with Crippen molar-refractivity contribution in [2.45, 2.75) is 10.6 Å². The van der Waals surface area contributed by atoms with Crippen LogP contribution in [-0.4, -0.2) is 48.9 Å². The topological polar surface area (TPSA) is 123 Å². The zero-order valence-electron chi connectivity index (χ0n) is 15.6. The van der Waals surface area contributed by atoms with E-state index in [-0.39, 0.29) is 0 Å². The predicted molar refractivity (Wildman–Crippen MR) is 114 cm³/mol. The van der Waals surface area contributed by atoms with Gasteiger partial charge in [-0.3, -0.25) is 0 Å². The maximum absolute atomic E-state index is 12.8. The summed E-state index contributed by atoms with van der Waals surface area (Å²) in [6.07, 6.45) is 8.72. The van der Waals surface area contributed by atoms with Crippen LogP contribution in [0, 0.1) is 0 Å². The molecule has 0 fully saturated rings. The zero-order chi connectivity index (χ0) is 20.2. The Morgan fingerprint density at radius 2 is 2.00 bits per heavy atom. The summed E-state index contributed by atoms with van der Waals surface area (Å²) in [5.41, 5.74) is 9.93. The lowest BCUT2D eigenvalue weighted by Gasteiger charge is -2.09. The van der Waals surface area contributed by atoms with E-state index < -0.39 is 11.2 Å². The van der Waals surface area contributed by atoms with Crippen molar-refractivity contribution in [3.8, 4) is 22.5 Å². The second kappa shape index (κ2) is 8.78. The summed E-state index contributed by atoms with van der Waals surface area (Å²) in [5, 5.41) is 0.754. The van der Waals surface area contributed by atoms with Gasteiger partial charge in [0.2, 0.25) is 4.21 Å². The van der Waals surface area contributed by atoms with E-state index in [1.54, 1.807) is 25.7 Å². The molecular weight excluding hydrogens is 408 g/mol. The van der Waals surface area contributed by atoms with Crippen molar-refractivity contribution in [2.24, 2.45) is 0 Å². The molecule has 148 valence electrons. The molecule has 1 atom stereocenters. The number of thiophene rings is 1. The Kier molecular flexibility index (Phi) is 5.95. The third-order valence-electron chi connectivity index (χ3n) is 4.26. The fourth-order valence-corrected chi connectivity index (χ4v) is 5.55. The van der Waals surface area contributed by atoms with Gasteiger partial charge in [-0.05, 0) is 23.3 Å². The molecule has 0 amide bonds. The molecule has 2 N–H and O–H groups in total. The minimum absolute atomic E-state index is 0.479. The molecule has 29 heavy (non-hydrogen) atoms. The number of methoxy groups -OCH3 is 1. The van der Waals surface area contributed by atoms with E-state index in [0.717, 1.165) is 16.5 Å². The second-order valence-electron chi connectivity index (χ2n) is 6.16. The van der Waals surface area contributed by atoms with Crippen molar-refractivity contribution in [1.29, 1.82) is 0 Å². The van der Waals surface area contributed by atoms with Gasteiger partial charge in [-0.15, -0.1) is 0 Å². The summed E-state index contributed by atoms with van der Waals surface area (Å²) in [6.45, 7) is 0.555. The number of ether oxygens (including phenoxy) is 1. The normalized spacial score (nSPS) is 12.3. The quantitative estimate of drug-likeness (QED) is 0.353. The van der Waals surface area contributed by atoms with Gasteiger partial charge in [0.1, 0.15) is 28.9 Å². The molecule has 4 aromatic heterocycles. The van der Waals surface area contributed by atoms with Gasteiger partial charge in [-0.1, -0.05) is 11.3 Å². The number of anilines is 1. The lowest BCUT2D eigenvalue weighted by Crippen LogP contribution is -2.09. The van der Waals surface area contributed by atoms with Crippen LogP contribution in [0.3, 0.4) is 0 Å². The Hall–Kier alpha value is -2.66. The summed E-state index contributed by atoms with van der Waals surface area (Å²) in [4.78, 5) is 22.0. The third-order valence-corrected chi connectivity index (χ3v) is 7.26. The van der Waals surface area contributed by atoms with Gasteiger partial charge in [0.25, 0.3) is 0 Å². The first-order valence-electron chi connectivity index (χ1n) is 8.81. The van der Waals surface area contributed by atoms with Crippen molar-refractivity contribution in [1.82, 2.24) is 24.9 Å². The Labute approximate surface area is 174 Å². The van der Waals surface area contributed by atoms with Crippen LogP contribution in [0.25, 0.3) is 32.7 Å². The van der Waals surface area contributed by atoms with E-state index in [4.69, 9.17) is 15.5 Å². The van der Waals surface area contributed by atoms with E-state index >= 15 is 0 Å². The standard InChI is InChI=1S/C19H18N6O2S2/c1-27-5-2-6-29(26)19-17(20)16-13(14-3-4-21-11-24-14)7-15(25-18(16)28-19)12-8-22-10-23-9-12/h3-4,7-11H,2,5-6,20H2,1H3/t29-/m0/s1. The number of nitrogens with zero attached hydrogens (tertiary/aromatic N) is 5. The molecule has 4 heterocycles. The van der Waals surface area contributed by atoms with Crippen molar-refractivity contribution in [3.05, 3.63) is 43.4 Å². The first-order chi connectivity index (χ1) is 14.2. The lowest BCUT2D eigenvalue weighted by molar-refractivity contribution is 0.199. The minimum Gasteiger partial charge on any atom is -0.611 e. The minimum atomic E-state index is -1.23. The number of nitrogen functional groups attached to an aromatic ring is 1. The molecule has 8 nitrogen and oxygen atoms in total. The molecule has 0 unspecified atom stereocenters. The first kappa shape index (κ1) is 19.6. The number of rotatable bonds is 7. The van der Waals surface area contributed by atoms with Gasteiger partial charge >= 0.3 is 0 Å². The van der Waals surface area contributed by atoms with Crippen LogP contribution in [0.15, 0.2) is 47.6 Å². The number of pyridine rings is 1. The summed E-state index contributed by atoms with van der Waals surface area (Å²) >= 11 is 0.118. The van der Waals surface area contributed by atoms with Crippen molar-refractivity contribution in [2.75, 3.05) is 25.2 Å². The van der Waals surface area contributed by atoms with Gasteiger partial charge in [-0.2, -0.15) is 0 Å². The van der Waals surface area contributed by atoms with E-state index in [1.165, 1.54) is 24.0 Å². The maximum atomic E-state index is 12.8. The number of aromatic nitrogens is 5. The maximum Gasteiger partial charge on any atom is 0.232 e. The van der Waals surface area contributed by atoms with Crippen molar-refractivity contribution < 1.29 is 9.29 Å². The summed E-state index contributed by atoms with van der Waals surface area (Å²) in [6, 6.07) is 3.72. The van der Waals surface area contributed by atoms with E-state index in [2.05, 4.69) is 19.9 Å². The monoisotopic (exact) mass is 426 g/mol. The Morgan fingerprint density at radius 3 is 2.72 bits per heavy atom. The van der Waals surface area contributed by atoms with Gasteiger partial charge < -0.3 is 15.0 Å². The Morgan fingerprint density at radius 1 is 1.17 bits per heavy atom. The van der Waals surface area contributed by atoms with Crippen LogP contribution in [0.2, 0.25) is 0 Å². The molecule has 10 heteroatoms. The number of fused-ring (bicyclic) bond motifs is 1. The molecule has 4 rings (SSSR count). The summed E-state index contributed by atoms with van der Waals surface area (Å²) < 4.78 is 18.5. The lowest BCUT2D eigenvalue weighted by atomic mass is 10.1. The molecule has 0 aliphatic rings. The highest BCUT2D eigenvalue weighted by Gasteiger charge is 2.25. The van der Waals surface area contributed by atoms with Crippen LogP contribution < -0.4 is 5.73 Å². The van der Waals surface area contributed by atoms with Gasteiger partial charge in [0.15, 0.2) is 0 Å². The van der Waals surface area contributed by atoms with Gasteiger partial charge in [0, 0.05) is 48.6 Å². The second-order valence-corrected chi connectivity index (χ2v) is 8.92. The van der Waals surface area contributed by atoms with E-state index in [0.29, 0.717) is 44.9 Å². The molecular formula is C19H18N6O2S2. The number of nitrogens with two attached hydrogens (primary N) is 1. The SMILES string of the molecule is COCCC[S@+]([O-])c1sc2nc(-c3cncnc3)cc(-c3ccncn3)c2c1N. The molecule has 0 saturated carbocycles. The highest BCUT2D eigenvalue weighted by Crippen LogP contribution is 2.42. The van der Waals surface area contributed by atoms with E-state index in [1.807, 2.05) is 12.1 Å². The van der Waals surface area contributed by atoms with Crippen molar-refractivity contribution >= 4 is 38.4 Å². The Bertz CT molecular complexity index is 1110. The molecule has 0 aliphatic heterocycles. The first-order valence-corrected chi connectivity index (χ1v) is 10.9. The fraction of sp³-hybridized carbons (Fsp3) is 0.211. The van der Waals surface area contributed by atoms with Gasteiger partial charge in [0.05, 0.1) is 18.0 Å². The van der Waals surface area contributed by atoms with Crippen LogP contribution in [0.1, 0.15) is 6.42 Å². The average Bonchev–Trinajstić information content (AvgIpc) is 3.11. The Balaban J connectivity index is 1.88. The van der Waals surface area contributed by atoms with Crippen LogP contribution in [0.4, 0.5) is 5.69 Å². The summed E-state index contributed by atoms with van der Waals surface area (Å²) in [5.74, 6) is 0.479. The molecule has 0 saturated heterocycles. The van der Waals surface area contributed by atoms with Crippen molar-refractivity contribution in [3.63, 3.8) is 0 Å². The van der Waals surface area contributed by atoms with Crippen LogP contribution in [0.5, 0.6) is 0 Å². The number of hydrogen-bond acceptors (Lipinski definition) is 9. The molecule has 0 bridgehead atoms. The largest absolute Gasteiger partial charge is 0.611 e. The predicted octanol–water partition coefficient (Wildman–Crippen LogP) is 2.94. The fourth-order valence-electron chi connectivity index (χ4n) is 2.93. The highest BCUT2D eigenvalue weighted by atomic mass is 32.2. The average molecular weight is 427 g/mol. The summed E-state index contributed by atoms with van der Waals surface area (Å²) in [7, 11) is 1.63. The smallest absolute Gasteiger partial charge is 0.232 e. The molecule has 4 aromatic rings. The van der Waals surface area contributed by atoms with Gasteiger partial charge in [-0.25, -0.2) is 24.9 Å². The third kappa shape index (κ3) is 4.06. The van der Waals surface area contributed by atoms with Crippen LogP contribution >= 0.6 is 11.3 Å². The zero-order valence-corrected chi connectivity index (χ0v) is 17.2.